The monoisotopic (exact) mass is 241 g/mol. The molecule has 0 radical (unpaired) electrons. The van der Waals surface area contributed by atoms with Gasteiger partial charge in [-0.15, -0.1) is 0 Å². The molecule has 0 aliphatic rings. The molecule has 0 aliphatic heterocycles. The first-order chi connectivity index (χ1) is 8.79. The van der Waals surface area contributed by atoms with Gasteiger partial charge in [-0.05, 0) is 42.6 Å². The molecule has 0 saturated carbocycles. The maximum Gasteiger partial charge on any atom is 0.122 e. The highest BCUT2D eigenvalue weighted by molar-refractivity contribution is 5.37. The molecule has 2 rings (SSSR count). The Balaban J connectivity index is 2.06. The van der Waals surface area contributed by atoms with E-state index < -0.39 is 0 Å². The van der Waals surface area contributed by atoms with Crippen LogP contribution < -0.4 is 10.5 Å². The van der Waals surface area contributed by atoms with Crippen molar-refractivity contribution >= 4 is 0 Å². The lowest BCUT2D eigenvalue weighted by Gasteiger charge is -2.11. The zero-order valence-corrected chi connectivity index (χ0v) is 10.7. The Kier molecular flexibility index (Phi) is 4.37. The molecule has 0 fully saturated rings. The summed E-state index contributed by atoms with van der Waals surface area (Å²) < 4.78 is 5.87. The Bertz CT molecular complexity index is 494. The summed E-state index contributed by atoms with van der Waals surface area (Å²) in [5, 5.41) is 0. The SMILES string of the molecule is Cc1ccc(CCN)cc1OCc1ccccc1. The highest BCUT2D eigenvalue weighted by atomic mass is 16.5. The lowest BCUT2D eigenvalue weighted by molar-refractivity contribution is 0.304. The Hall–Kier alpha value is -1.80. The number of benzene rings is 2. The van der Waals surface area contributed by atoms with Crippen LogP contribution in [0.1, 0.15) is 16.7 Å². The number of rotatable bonds is 5. The maximum atomic E-state index is 5.87. The van der Waals surface area contributed by atoms with E-state index in [0.717, 1.165) is 17.7 Å². The standard InChI is InChI=1S/C16H19NO/c1-13-7-8-14(9-10-17)11-16(13)18-12-15-5-3-2-4-6-15/h2-8,11H,9-10,12,17H2,1H3. The molecule has 94 valence electrons. The molecule has 2 aromatic rings. The van der Waals surface area contributed by atoms with Gasteiger partial charge in [-0.2, -0.15) is 0 Å². The van der Waals surface area contributed by atoms with E-state index in [1.165, 1.54) is 11.1 Å². The predicted octanol–water partition coefficient (Wildman–Crippen LogP) is 3.08. The van der Waals surface area contributed by atoms with Crippen molar-refractivity contribution in [2.24, 2.45) is 5.73 Å². The van der Waals surface area contributed by atoms with Gasteiger partial charge in [0, 0.05) is 0 Å². The lowest BCUT2D eigenvalue weighted by Crippen LogP contribution is -2.03. The number of nitrogens with two attached hydrogens (primary N) is 1. The largest absolute Gasteiger partial charge is 0.489 e. The van der Waals surface area contributed by atoms with E-state index in [-0.39, 0.29) is 0 Å². The maximum absolute atomic E-state index is 5.87. The van der Waals surface area contributed by atoms with Crippen molar-refractivity contribution < 1.29 is 4.74 Å². The van der Waals surface area contributed by atoms with Gasteiger partial charge in [0.15, 0.2) is 0 Å². The van der Waals surface area contributed by atoms with Crippen LogP contribution in [0.2, 0.25) is 0 Å². The molecule has 2 nitrogen and oxygen atoms in total. The summed E-state index contributed by atoms with van der Waals surface area (Å²) in [5.41, 5.74) is 9.14. The molecule has 0 bridgehead atoms. The number of hydrogen-bond acceptors (Lipinski definition) is 2. The molecule has 0 aliphatic carbocycles. The first-order valence-corrected chi connectivity index (χ1v) is 6.26. The van der Waals surface area contributed by atoms with Gasteiger partial charge in [-0.1, -0.05) is 42.5 Å². The molecule has 2 aromatic carbocycles. The Labute approximate surface area is 108 Å². The Morgan fingerprint density at radius 1 is 1.00 bits per heavy atom. The second-order valence-electron chi connectivity index (χ2n) is 4.41. The second kappa shape index (κ2) is 6.22. The van der Waals surface area contributed by atoms with Crippen molar-refractivity contribution in [2.75, 3.05) is 6.54 Å². The van der Waals surface area contributed by atoms with Crippen molar-refractivity contribution in [2.45, 2.75) is 20.0 Å². The van der Waals surface area contributed by atoms with Gasteiger partial charge in [0.1, 0.15) is 12.4 Å². The minimum atomic E-state index is 0.605. The fraction of sp³-hybridized carbons (Fsp3) is 0.250. The average molecular weight is 241 g/mol. The molecule has 0 saturated heterocycles. The molecular weight excluding hydrogens is 222 g/mol. The molecule has 2 N–H and O–H groups in total. The summed E-state index contributed by atoms with van der Waals surface area (Å²) >= 11 is 0. The predicted molar refractivity (Wildman–Crippen MR) is 74.7 cm³/mol. The van der Waals surface area contributed by atoms with Crippen molar-refractivity contribution in [1.82, 2.24) is 0 Å². The van der Waals surface area contributed by atoms with Gasteiger partial charge in [0.05, 0.1) is 0 Å². The summed E-state index contributed by atoms with van der Waals surface area (Å²) in [5.74, 6) is 0.949. The van der Waals surface area contributed by atoms with Crippen LogP contribution in [0.4, 0.5) is 0 Å². The van der Waals surface area contributed by atoms with E-state index in [1.807, 2.05) is 18.2 Å². The molecule has 0 atom stereocenters. The lowest BCUT2D eigenvalue weighted by atomic mass is 10.1. The first-order valence-electron chi connectivity index (χ1n) is 6.26. The fourth-order valence-corrected chi connectivity index (χ4v) is 1.86. The third-order valence-electron chi connectivity index (χ3n) is 2.92. The second-order valence-corrected chi connectivity index (χ2v) is 4.41. The van der Waals surface area contributed by atoms with Gasteiger partial charge in [-0.25, -0.2) is 0 Å². The van der Waals surface area contributed by atoms with E-state index in [2.05, 4.69) is 37.3 Å². The van der Waals surface area contributed by atoms with Crippen LogP contribution in [0, 0.1) is 6.92 Å². The Morgan fingerprint density at radius 3 is 2.50 bits per heavy atom. The summed E-state index contributed by atoms with van der Waals surface area (Å²) in [6.45, 7) is 3.33. The van der Waals surface area contributed by atoms with Crippen molar-refractivity contribution in [3.63, 3.8) is 0 Å². The normalized spacial score (nSPS) is 10.3. The quantitative estimate of drug-likeness (QED) is 0.873. The molecular formula is C16H19NO. The molecule has 0 unspecified atom stereocenters. The van der Waals surface area contributed by atoms with Crippen LogP contribution in [0.15, 0.2) is 48.5 Å². The molecule has 0 heterocycles. The molecule has 0 aromatic heterocycles. The van der Waals surface area contributed by atoms with E-state index in [4.69, 9.17) is 10.5 Å². The van der Waals surface area contributed by atoms with Crippen LogP contribution in [-0.4, -0.2) is 6.54 Å². The van der Waals surface area contributed by atoms with Gasteiger partial charge in [-0.3, -0.25) is 0 Å². The van der Waals surface area contributed by atoms with Crippen LogP contribution in [0.3, 0.4) is 0 Å². The average Bonchev–Trinajstić information content (AvgIpc) is 2.41. The first kappa shape index (κ1) is 12.7. The van der Waals surface area contributed by atoms with Gasteiger partial charge in [0.2, 0.25) is 0 Å². The minimum absolute atomic E-state index is 0.605. The zero-order chi connectivity index (χ0) is 12.8. The van der Waals surface area contributed by atoms with E-state index in [1.54, 1.807) is 0 Å². The summed E-state index contributed by atoms with van der Waals surface area (Å²) in [6.07, 6.45) is 0.891. The van der Waals surface area contributed by atoms with E-state index in [9.17, 15) is 0 Å². The molecule has 18 heavy (non-hydrogen) atoms. The third kappa shape index (κ3) is 3.34. The smallest absolute Gasteiger partial charge is 0.122 e. The van der Waals surface area contributed by atoms with E-state index >= 15 is 0 Å². The number of aryl methyl sites for hydroxylation is 1. The summed E-state index contributed by atoms with van der Waals surface area (Å²) in [6, 6.07) is 16.5. The molecule has 2 heteroatoms. The molecule has 0 amide bonds. The topological polar surface area (TPSA) is 35.2 Å². The number of ether oxygens (including phenoxy) is 1. The van der Waals surface area contributed by atoms with Crippen LogP contribution >= 0.6 is 0 Å². The Morgan fingerprint density at radius 2 is 1.78 bits per heavy atom. The summed E-state index contributed by atoms with van der Waals surface area (Å²) in [7, 11) is 0. The van der Waals surface area contributed by atoms with Crippen LogP contribution in [0.5, 0.6) is 5.75 Å². The van der Waals surface area contributed by atoms with Crippen molar-refractivity contribution in [1.29, 1.82) is 0 Å². The number of hydrogen-bond donors (Lipinski definition) is 1. The highest BCUT2D eigenvalue weighted by Crippen LogP contribution is 2.21. The molecule has 0 spiro atoms. The third-order valence-corrected chi connectivity index (χ3v) is 2.92. The van der Waals surface area contributed by atoms with Crippen molar-refractivity contribution in [3.8, 4) is 5.75 Å². The summed E-state index contributed by atoms with van der Waals surface area (Å²) in [4.78, 5) is 0. The minimum Gasteiger partial charge on any atom is -0.489 e. The van der Waals surface area contributed by atoms with E-state index in [0.29, 0.717) is 13.2 Å². The van der Waals surface area contributed by atoms with Crippen LogP contribution in [0.25, 0.3) is 0 Å². The highest BCUT2D eigenvalue weighted by Gasteiger charge is 2.02. The van der Waals surface area contributed by atoms with Gasteiger partial charge in [0.25, 0.3) is 0 Å². The zero-order valence-electron chi connectivity index (χ0n) is 10.7. The van der Waals surface area contributed by atoms with Crippen LogP contribution in [-0.2, 0) is 13.0 Å². The fourth-order valence-electron chi connectivity index (χ4n) is 1.86. The van der Waals surface area contributed by atoms with Crippen molar-refractivity contribution in [3.05, 3.63) is 65.2 Å². The van der Waals surface area contributed by atoms with Gasteiger partial charge < -0.3 is 10.5 Å². The van der Waals surface area contributed by atoms with Gasteiger partial charge >= 0.3 is 0 Å².